The molecule has 1 amide bonds. The molecule has 1 heterocycles. The van der Waals surface area contributed by atoms with E-state index in [-0.39, 0.29) is 12.3 Å². The van der Waals surface area contributed by atoms with E-state index in [0.29, 0.717) is 27.9 Å². The molecule has 0 spiro atoms. The molecule has 1 fully saturated rings. The summed E-state index contributed by atoms with van der Waals surface area (Å²) in [5, 5.41) is 9.49. The van der Waals surface area contributed by atoms with Gasteiger partial charge in [0.05, 0.1) is 17.0 Å². The van der Waals surface area contributed by atoms with E-state index >= 15 is 0 Å². The minimum Gasteiger partial charge on any atom is -0.489 e. The van der Waals surface area contributed by atoms with Crippen molar-refractivity contribution in [3.8, 4) is 5.75 Å². The van der Waals surface area contributed by atoms with Crippen LogP contribution in [-0.2, 0) is 29.0 Å². The first-order valence-corrected chi connectivity index (χ1v) is 13.6. The van der Waals surface area contributed by atoms with Crippen molar-refractivity contribution in [2.45, 2.75) is 45.6 Å². The van der Waals surface area contributed by atoms with Gasteiger partial charge < -0.3 is 9.84 Å². The molecule has 6 nitrogen and oxygen atoms in total. The number of ether oxygens (including phenoxy) is 1. The topological polar surface area (TPSA) is 79.2 Å². The summed E-state index contributed by atoms with van der Waals surface area (Å²) in [6.07, 6.45) is 6.67. The van der Waals surface area contributed by atoms with Crippen LogP contribution in [-0.4, -0.2) is 34.1 Å². The Hall–Kier alpha value is -3.84. The fraction of sp³-hybridized carbons (Fsp3) is 0.258. The zero-order valence-corrected chi connectivity index (χ0v) is 22.5. The van der Waals surface area contributed by atoms with Crippen molar-refractivity contribution in [2.24, 2.45) is 4.99 Å². The molecule has 4 rings (SSSR count). The lowest BCUT2D eigenvalue weighted by Crippen LogP contribution is -2.23. The average Bonchev–Trinajstić information content (AvgIpc) is 3.17. The number of aliphatic imine (C=N–C) groups is 1. The quantitative estimate of drug-likeness (QED) is 0.217. The monoisotopic (exact) mass is 528 g/mol. The molecule has 1 aliphatic heterocycles. The number of rotatable bonds is 11. The number of benzene rings is 3. The maximum Gasteiger partial charge on any atom is 0.307 e. The highest BCUT2D eigenvalue weighted by Gasteiger charge is 2.30. The summed E-state index contributed by atoms with van der Waals surface area (Å²) in [5.74, 6) is -0.220. The molecule has 196 valence electrons. The maximum atomic E-state index is 12.8. The van der Waals surface area contributed by atoms with Crippen molar-refractivity contribution in [1.29, 1.82) is 0 Å². The average molecular weight is 529 g/mol. The molecule has 1 aliphatic rings. The second kappa shape index (κ2) is 13.1. The molecule has 7 heteroatoms. The Morgan fingerprint density at radius 3 is 2.26 bits per heavy atom. The van der Waals surface area contributed by atoms with Crippen LogP contribution in [0.5, 0.6) is 5.75 Å². The van der Waals surface area contributed by atoms with Gasteiger partial charge in [0.2, 0.25) is 0 Å². The summed E-state index contributed by atoms with van der Waals surface area (Å²) in [6.45, 7) is 2.73. The van der Waals surface area contributed by atoms with Crippen molar-refractivity contribution in [2.75, 3.05) is 7.05 Å². The predicted molar refractivity (Wildman–Crippen MR) is 154 cm³/mol. The second-order valence-electron chi connectivity index (χ2n) is 9.24. The Labute approximate surface area is 228 Å². The number of aryl methyl sites for hydroxylation is 1. The number of thioether (sulfide) groups is 1. The first-order valence-electron chi connectivity index (χ1n) is 12.8. The molecule has 0 bridgehead atoms. The van der Waals surface area contributed by atoms with Crippen LogP contribution in [0.1, 0.15) is 48.4 Å². The van der Waals surface area contributed by atoms with Crippen LogP contribution in [0.4, 0.5) is 5.69 Å². The Balaban J connectivity index is 1.34. The standard InChI is InChI=1S/C31H32N2O4S/c1-3-4-5-6-22-7-9-25(10-8-22)21-37-27-17-13-23(14-18-27)19-28-30(36)33(2)31(38-28)32-26-15-11-24(12-16-26)20-29(34)35/h7-19H,3-6,20-21H2,1-2H3,(H,34,35)/b28-19-,32-31+. The molecule has 0 aromatic heterocycles. The fourth-order valence-corrected chi connectivity index (χ4v) is 4.97. The van der Waals surface area contributed by atoms with Crippen molar-refractivity contribution in [3.63, 3.8) is 0 Å². The lowest BCUT2D eigenvalue weighted by Gasteiger charge is -2.08. The zero-order chi connectivity index (χ0) is 26.9. The molecule has 1 saturated heterocycles. The highest BCUT2D eigenvalue weighted by molar-refractivity contribution is 8.18. The number of amides is 1. The molecule has 1 N–H and O–H groups in total. The van der Waals surface area contributed by atoms with Gasteiger partial charge in [0.15, 0.2) is 5.17 Å². The lowest BCUT2D eigenvalue weighted by atomic mass is 10.1. The van der Waals surface area contributed by atoms with E-state index < -0.39 is 5.97 Å². The van der Waals surface area contributed by atoms with E-state index in [1.807, 2.05) is 30.3 Å². The number of unbranched alkanes of at least 4 members (excludes halogenated alkanes) is 2. The number of likely N-dealkylation sites (N-methyl/N-ethyl adjacent to an activating group) is 1. The van der Waals surface area contributed by atoms with Gasteiger partial charge >= 0.3 is 5.97 Å². The molecular weight excluding hydrogens is 496 g/mol. The number of carbonyl (C=O) groups is 2. The van der Waals surface area contributed by atoms with E-state index in [0.717, 1.165) is 23.3 Å². The van der Waals surface area contributed by atoms with Gasteiger partial charge in [-0.15, -0.1) is 0 Å². The fourth-order valence-electron chi connectivity index (χ4n) is 3.98. The lowest BCUT2D eigenvalue weighted by molar-refractivity contribution is -0.136. The highest BCUT2D eigenvalue weighted by atomic mass is 32.2. The highest BCUT2D eigenvalue weighted by Crippen LogP contribution is 2.33. The third-order valence-corrected chi connectivity index (χ3v) is 7.26. The molecule has 0 aliphatic carbocycles. The molecule has 3 aromatic carbocycles. The third kappa shape index (κ3) is 7.59. The first kappa shape index (κ1) is 27.2. The van der Waals surface area contributed by atoms with Crippen molar-refractivity contribution in [1.82, 2.24) is 4.90 Å². The van der Waals surface area contributed by atoms with Gasteiger partial charge in [0.25, 0.3) is 5.91 Å². The SMILES string of the molecule is CCCCCc1ccc(COc2ccc(/C=C3\S/C(=N/c4ccc(CC(=O)O)cc4)N(C)C3=O)cc2)cc1. The summed E-state index contributed by atoms with van der Waals surface area (Å²) in [6, 6.07) is 23.3. The number of hydrogen-bond acceptors (Lipinski definition) is 5. The summed E-state index contributed by atoms with van der Waals surface area (Å²) < 4.78 is 5.95. The van der Waals surface area contributed by atoms with E-state index in [2.05, 4.69) is 36.2 Å². The van der Waals surface area contributed by atoms with E-state index in [9.17, 15) is 9.59 Å². The Bertz CT molecular complexity index is 1310. The maximum absolute atomic E-state index is 12.8. The van der Waals surface area contributed by atoms with E-state index in [1.165, 1.54) is 41.5 Å². The minimum atomic E-state index is -0.877. The molecule has 0 unspecified atom stereocenters. The predicted octanol–water partition coefficient (Wildman–Crippen LogP) is 6.86. The van der Waals surface area contributed by atoms with Crippen LogP contribution in [0.15, 0.2) is 82.7 Å². The Kier molecular flexibility index (Phi) is 9.38. The van der Waals surface area contributed by atoms with Gasteiger partial charge in [0, 0.05) is 7.05 Å². The number of carbonyl (C=O) groups excluding carboxylic acids is 1. The normalized spacial score (nSPS) is 15.4. The Morgan fingerprint density at radius 1 is 0.947 bits per heavy atom. The third-order valence-electron chi connectivity index (χ3n) is 6.20. The molecule has 0 radical (unpaired) electrons. The molecule has 0 atom stereocenters. The van der Waals surface area contributed by atoms with Crippen LogP contribution in [0.3, 0.4) is 0 Å². The van der Waals surface area contributed by atoms with E-state index in [4.69, 9.17) is 9.84 Å². The van der Waals surface area contributed by atoms with Crippen LogP contribution in [0.25, 0.3) is 6.08 Å². The molecule has 3 aromatic rings. The summed E-state index contributed by atoms with van der Waals surface area (Å²) in [5.41, 5.74) is 4.77. The van der Waals surface area contributed by atoms with Crippen LogP contribution in [0, 0.1) is 0 Å². The first-order chi connectivity index (χ1) is 18.4. The number of amidine groups is 1. The molecule has 0 saturated carbocycles. The number of nitrogens with zero attached hydrogens (tertiary/aromatic N) is 2. The smallest absolute Gasteiger partial charge is 0.307 e. The number of carboxylic acid groups (broad SMARTS) is 1. The van der Waals surface area contributed by atoms with Gasteiger partial charge in [-0.3, -0.25) is 14.5 Å². The largest absolute Gasteiger partial charge is 0.489 e. The summed E-state index contributed by atoms with van der Waals surface area (Å²) >= 11 is 1.31. The van der Waals surface area contributed by atoms with Gasteiger partial charge in [-0.1, -0.05) is 68.3 Å². The van der Waals surface area contributed by atoms with Crippen LogP contribution in [0.2, 0.25) is 0 Å². The molecular formula is C31H32N2O4S. The van der Waals surface area contributed by atoms with Crippen LogP contribution < -0.4 is 4.74 Å². The number of carboxylic acids is 1. The Morgan fingerprint density at radius 2 is 1.61 bits per heavy atom. The zero-order valence-electron chi connectivity index (χ0n) is 21.7. The number of aliphatic carboxylic acids is 1. The van der Waals surface area contributed by atoms with Crippen molar-refractivity contribution in [3.05, 3.63) is 100.0 Å². The van der Waals surface area contributed by atoms with E-state index in [1.54, 1.807) is 31.3 Å². The van der Waals surface area contributed by atoms with Crippen molar-refractivity contribution < 1.29 is 19.4 Å². The van der Waals surface area contributed by atoms with Gasteiger partial charge in [0.1, 0.15) is 12.4 Å². The minimum absolute atomic E-state index is 0.0347. The summed E-state index contributed by atoms with van der Waals surface area (Å²) in [4.78, 5) is 30.3. The van der Waals surface area contributed by atoms with Crippen molar-refractivity contribution >= 4 is 40.6 Å². The van der Waals surface area contributed by atoms with Gasteiger partial charge in [-0.05, 0) is 77.2 Å². The van der Waals surface area contributed by atoms with Gasteiger partial charge in [-0.25, -0.2) is 4.99 Å². The van der Waals surface area contributed by atoms with Gasteiger partial charge in [-0.2, -0.15) is 0 Å². The second-order valence-corrected chi connectivity index (χ2v) is 10.2. The number of hydrogen-bond donors (Lipinski definition) is 1. The van der Waals surface area contributed by atoms with Crippen LogP contribution >= 0.6 is 11.8 Å². The molecule has 38 heavy (non-hydrogen) atoms. The summed E-state index contributed by atoms with van der Waals surface area (Å²) in [7, 11) is 1.70.